The maximum atomic E-state index is 12.9. The molecule has 3 rings (SSSR count). The molecule has 0 aliphatic carbocycles. The Morgan fingerprint density at radius 2 is 2.11 bits per heavy atom. The smallest absolute Gasteiger partial charge is 0.236 e. The highest BCUT2D eigenvalue weighted by molar-refractivity contribution is 8.00. The molecule has 0 bridgehead atoms. The second kappa shape index (κ2) is 9.27. The van der Waals surface area contributed by atoms with E-state index in [1.54, 1.807) is 0 Å². The van der Waals surface area contributed by atoms with E-state index in [1.807, 2.05) is 11.8 Å². The van der Waals surface area contributed by atoms with Gasteiger partial charge in [-0.25, -0.2) is 9.07 Å². The Bertz CT molecular complexity index is 798. The van der Waals surface area contributed by atoms with E-state index in [0.29, 0.717) is 22.8 Å². The van der Waals surface area contributed by atoms with Crippen LogP contribution in [-0.4, -0.2) is 43.5 Å². The third-order valence-electron chi connectivity index (χ3n) is 4.93. The molecule has 2 atom stereocenters. The van der Waals surface area contributed by atoms with Crippen molar-refractivity contribution in [3.63, 3.8) is 0 Å². The Labute approximate surface area is 168 Å². The molecule has 28 heavy (non-hydrogen) atoms. The van der Waals surface area contributed by atoms with E-state index in [-0.39, 0.29) is 23.6 Å². The van der Waals surface area contributed by atoms with Crippen LogP contribution in [0.4, 0.5) is 4.39 Å². The fourth-order valence-corrected chi connectivity index (χ4v) is 4.18. The molecule has 152 valence electrons. The summed E-state index contributed by atoms with van der Waals surface area (Å²) in [5.74, 6) is 6.80. The molecule has 1 aliphatic heterocycles. The van der Waals surface area contributed by atoms with Crippen molar-refractivity contribution in [2.24, 2.45) is 0 Å². The summed E-state index contributed by atoms with van der Waals surface area (Å²) in [5, 5.41) is 8.30. The van der Waals surface area contributed by atoms with Gasteiger partial charge in [-0.1, -0.05) is 18.7 Å². The molecule has 1 aromatic heterocycles. The fraction of sp³-hybridized carbons (Fsp3) is 0.526. The number of aromatic nitrogens is 3. The molecular formula is C19H26FN5O2S. The van der Waals surface area contributed by atoms with E-state index in [2.05, 4.69) is 17.1 Å². The van der Waals surface area contributed by atoms with Crippen molar-refractivity contribution in [1.29, 1.82) is 0 Å². The lowest BCUT2D eigenvalue weighted by molar-refractivity contribution is -0.134. The molecule has 2 unspecified atom stereocenters. The SMILES string of the molecule is CCC1CCCCN1C(=O)C(C)Sc1nnc(COc2ccc(F)cc2)n1N. The zero-order chi connectivity index (χ0) is 20.1. The van der Waals surface area contributed by atoms with Crippen LogP contribution in [0.15, 0.2) is 29.4 Å². The van der Waals surface area contributed by atoms with Crippen molar-refractivity contribution in [2.75, 3.05) is 12.4 Å². The molecular weight excluding hydrogens is 381 g/mol. The number of thioether (sulfide) groups is 1. The largest absolute Gasteiger partial charge is 0.486 e. The number of rotatable bonds is 7. The van der Waals surface area contributed by atoms with Crippen molar-refractivity contribution in [3.05, 3.63) is 35.9 Å². The van der Waals surface area contributed by atoms with Crippen LogP contribution in [0.5, 0.6) is 5.75 Å². The van der Waals surface area contributed by atoms with Gasteiger partial charge in [0, 0.05) is 12.6 Å². The third kappa shape index (κ3) is 4.76. The second-order valence-corrected chi connectivity index (χ2v) is 8.17. The van der Waals surface area contributed by atoms with E-state index in [9.17, 15) is 9.18 Å². The lowest BCUT2D eigenvalue weighted by atomic mass is 10.00. The standard InChI is InChI=1S/C19H26FN5O2S/c1-3-15-6-4-5-11-24(15)18(26)13(2)28-19-23-22-17(25(19)21)12-27-16-9-7-14(20)8-10-16/h7-10,13,15H,3-6,11-12,21H2,1-2H3. The van der Waals surface area contributed by atoms with Gasteiger partial charge in [-0.3, -0.25) is 4.79 Å². The molecule has 2 heterocycles. The number of benzene rings is 1. The van der Waals surface area contributed by atoms with Gasteiger partial charge in [0.1, 0.15) is 18.2 Å². The lowest BCUT2D eigenvalue weighted by Gasteiger charge is -2.36. The van der Waals surface area contributed by atoms with Crippen LogP contribution < -0.4 is 10.6 Å². The molecule has 1 fully saturated rings. The second-order valence-electron chi connectivity index (χ2n) is 6.86. The number of nitrogens with zero attached hydrogens (tertiary/aromatic N) is 4. The number of ether oxygens (including phenoxy) is 1. The third-order valence-corrected chi connectivity index (χ3v) is 5.97. The van der Waals surface area contributed by atoms with Crippen LogP contribution in [-0.2, 0) is 11.4 Å². The Hall–Kier alpha value is -2.29. The number of carbonyl (C=O) groups is 1. The molecule has 1 saturated heterocycles. The minimum atomic E-state index is -0.328. The van der Waals surface area contributed by atoms with Gasteiger partial charge in [-0.15, -0.1) is 10.2 Å². The van der Waals surface area contributed by atoms with E-state index in [1.165, 1.54) is 47.1 Å². The summed E-state index contributed by atoms with van der Waals surface area (Å²) in [5.41, 5.74) is 0. The predicted octanol–water partition coefficient (Wildman–Crippen LogP) is 2.98. The maximum absolute atomic E-state index is 12.9. The first-order valence-electron chi connectivity index (χ1n) is 9.54. The van der Waals surface area contributed by atoms with E-state index < -0.39 is 0 Å². The van der Waals surface area contributed by atoms with Gasteiger partial charge in [-0.05, 0) is 56.9 Å². The van der Waals surface area contributed by atoms with E-state index in [0.717, 1.165) is 25.8 Å². The van der Waals surface area contributed by atoms with Gasteiger partial charge in [-0.2, -0.15) is 0 Å². The first-order chi connectivity index (χ1) is 13.5. The average molecular weight is 408 g/mol. The Morgan fingerprint density at radius 1 is 1.36 bits per heavy atom. The number of hydrogen-bond donors (Lipinski definition) is 1. The van der Waals surface area contributed by atoms with Crippen molar-refractivity contribution in [2.45, 2.75) is 62.6 Å². The monoisotopic (exact) mass is 407 g/mol. The number of piperidine rings is 1. The summed E-state index contributed by atoms with van der Waals surface area (Å²) in [6.45, 7) is 4.91. The number of nitrogen functional groups attached to an aromatic ring is 1. The number of halogens is 1. The highest BCUT2D eigenvalue weighted by Crippen LogP contribution is 2.27. The molecule has 0 spiro atoms. The van der Waals surface area contributed by atoms with Gasteiger partial charge in [0.15, 0.2) is 5.82 Å². The normalized spacial score (nSPS) is 18.1. The Morgan fingerprint density at radius 3 is 2.82 bits per heavy atom. The summed E-state index contributed by atoms with van der Waals surface area (Å²) in [7, 11) is 0. The van der Waals surface area contributed by atoms with Crippen molar-refractivity contribution >= 4 is 17.7 Å². The molecule has 0 saturated carbocycles. The van der Waals surface area contributed by atoms with Crippen LogP contribution in [0.25, 0.3) is 0 Å². The Balaban J connectivity index is 1.59. The predicted molar refractivity (Wildman–Crippen MR) is 106 cm³/mol. The molecule has 9 heteroatoms. The molecule has 0 radical (unpaired) electrons. The van der Waals surface area contributed by atoms with Crippen molar-refractivity contribution in [3.8, 4) is 5.75 Å². The van der Waals surface area contributed by atoms with Crippen LogP contribution >= 0.6 is 11.8 Å². The topological polar surface area (TPSA) is 86.3 Å². The van der Waals surface area contributed by atoms with E-state index >= 15 is 0 Å². The quantitative estimate of drug-likeness (QED) is 0.561. The first-order valence-corrected chi connectivity index (χ1v) is 10.4. The number of hydrogen-bond acceptors (Lipinski definition) is 6. The summed E-state index contributed by atoms with van der Waals surface area (Å²) in [6, 6.07) is 6.03. The van der Waals surface area contributed by atoms with Gasteiger partial charge in [0.2, 0.25) is 11.1 Å². The number of nitrogens with two attached hydrogens (primary N) is 1. The van der Waals surface area contributed by atoms with Crippen LogP contribution in [0.2, 0.25) is 0 Å². The summed E-state index contributed by atoms with van der Waals surface area (Å²) >= 11 is 1.30. The zero-order valence-corrected chi connectivity index (χ0v) is 17.0. The zero-order valence-electron chi connectivity index (χ0n) is 16.2. The fourth-order valence-electron chi connectivity index (χ4n) is 3.32. The number of likely N-dealkylation sites (tertiary alicyclic amines) is 1. The molecule has 1 aromatic carbocycles. The summed E-state index contributed by atoms with van der Waals surface area (Å²) in [4.78, 5) is 14.9. The minimum absolute atomic E-state index is 0.0993. The van der Waals surface area contributed by atoms with Crippen LogP contribution in [0, 0.1) is 5.82 Å². The van der Waals surface area contributed by atoms with Crippen molar-refractivity contribution < 1.29 is 13.9 Å². The number of carbonyl (C=O) groups excluding carboxylic acids is 1. The lowest BCUT2D eigenvalue weighted by Crippen LogP contribution is -2.46. The van der Waals surface area contributed by atoms with Crippen LogP contribution in [0.1, 0.15) is 45.4 Å². The molecule has 1 amide bonds. The van der Waals surface area contributed by atoms with Gasteiger partial charge < -0.3 is 15.5 Å². The van der Waals surface area contributed by atoms with Gasteiger partial charge >= 0.3 is 0 Å². The average Bonchev–Trinajstić information content (AvgIpc) is 3.06. The molecule has 2 N–H and O–H groups in total. The number of amides is 1. The maximum Gasteiger partial charge on any atom is 0.236 e. The highest BCUT2D eigenvalue weighted by atomic mass is 32.2. The molecule has 7 nitrogen and oxygen atoms in total. The highest BCUT2D eigenvalue weighted by Gasteiger charge is 2.30. The molecule has 1 aliphatic rings. The first kappa shape index (κ1) is 20.4. The Kier molecular flexibility index (Phi) is 6.77. The van der Waals surface area contributed by atoms with Crippen LogP contribution in [0.3, 0.4) is 0 Å². The summed E-state index contributed by atoms with van der Waals surface area (Å²) < 4.78 is 19.9. The van der Waals surface area contributed by atoms with Crippen molar-refractivity contribution in [1.82, 2.24) is 19.8 Å². The minimum Gasteiger partial charge on any atom is -0.486 e. The summed E-state index contributed by atoms with van der Waals surface area (Å²) in [6.07, 6.45) is 4.27. The van der Waals surface area contributed by atoms with Gasteiger partial charge in [0.05, 0.1) is 5.25 Å². The molecule has 2 aromatic rings. The van der Waals surface area contributed by atoms with Gasteiger partial charge in [0.25, 0.3) is 0 Å². The van der Waals surface area contributed by atoms with E-state index in [4.69, 9.17) is 10.6 Å².